The fourth-order valence-electron chi connectivity index (χ4n) is 5.33. The number of primary amides is 1. The molecule has 0 aromatic carbocycles. The Morgan fingerprint density at radius 1 is 1.37 bits per heavy atom. The van der Waals surface area contributed by atoms with Crippen molar-refractivity contribution in [1.82, 2.24) is 9.88 Å². The first kappa shape index (κ1) is 18.8. The Hall–Kier alpha value is -1.54. The van der Waals surface area contributed by atoms with Gasteiger partial charge in [0.2, 0.25) is 0 Å². The lowest BCUT2D eigenvalue weighted by molar-refractivity contribution is -0.177. The summed E-state index contributed by atoms with van der Waals surface area (Å²) in [5.41, 5.74) is 6.41. The smallest absolute Gasteiger partial charge is 0.267 e. The number of carbonyl (C=O) groups excluding carboxylic acids is 1. The van der Waals surface area contributed by atoms with E-state index in [-0.39, 0.29) is 11.7 Å². The minimum Gasteiger partial charge on any atom is -0.376 e. The number of aromatic nitrogens is 1. The van der Waals surface area contributed by atoms with Crippen molar-refractivity contribution >= 4 is 5.91 Å². The van der Waals surface area contributed by atoms with Crippen molar-refractivity contribution in [2.75, 3.05) is 46.6 Å². The van der Waals surface area contributed by atoms with Crippen molar-refractivity contribution < 1.29 is 19.0 Å². The van der Waals surface area contributed by atoms with Crippen LogP contribution >= 0.6 is 0 Å². The molecule has 0 radical (unpaired) electrons. The van der Waals surface area contributed by atoms with Crippen molar-refractivity contribution in [2.24, 2.45) is 17.6 Å². The molecule has 148 valence electrons. The van der Waals surface area contributed by atoms with Gasteiger partial charge >= 0.3 is 0 Å². The van der Waals surface area contributed by atoms with E-state index in [0.717, 1.165) is 38.0 Å². The van der Waals surface area contributed by atoms with Gasteiger partial charge in [-0.15, -0.1) is 0 Å². The number of hydrogen-bond acceptors (Lipinski definition) is 6. The van der Waals surface area contributed by atoms with Crippen molar-refractivity contribution in [3.63, 3.8) is 0 Å². The maximum absolute atomic E-state index is 11.6. The van der Waals surface area contributed by atoms with Crippen LogP contribution in [0.1, 0.15) is 35.3 Å². The quantitative estimate of drug-likeness (QED) is 0.831. The van der Waals surface area contributed by atoms with Gasteiger partial charge in [-0.2, -0.15) is 0 Å². The summed E-state index contributed by atoms with van der Waals surface area (Å²) < 4.78 is 17.7. The van der Waals surface area contributed by atoms with Gasteiger partial charge in [0.05, 0.1) is 25.9 Å². The van der Waals surface area contributed by atoms with Gasteiger partial charge in [0.1, 0.15) is 11.3 Å². The molecule has 4 rings (SSSR count). The number of likely N-dealkylation sites (tertiary alicyclic amines) is 1. The average Bonchev–Trinajstić information content (AvgIpc) is 2.68. The number of methoxy groups -OCH3 is 1. The fraction of sp³-hybridized carbons (Fsp3) is 0.700. The summed E-state index contributed by atoms with van der Waals surface area (Å²) in [6, 6.07) is 3.81. The fourth-order valence-corrected chi connectivity index (χ4v) is 5.33. The molecular weight excluding hydrogens is 346 g/mol. The van der Waals surface area contributed by atoms with Gasteiger partial charge in [-0.05, 0) is 30.5 Å². The molecule has 1 aliphatic carbocycles. The Morgan fingerprint density at radius 3 is 2.78 bits per heavy atom. The second kappa shape index (κ2) is 7.83. The number of nitrogens with zero attached hydrogens (tertiary/aromatic N) is 2. The number of hydrogen-bond donors (Lipinski definition) is 1. The van der Waals surface area contributed by atoms with Crippen molar-refractivity contribution in [3.05, 3.63) is 29.6 Å². The maximum Gasteiger partial charge on any atom is 0.267 e. The number of amides is 1. The van der Waals surface area contributed by atoms with E-state index in [1.54, 1.807) is 13.3 Å². The van der Waals surface area contributed by atoms with E-state index in [9.17, 15) is 4.79 Å². The zero-order valence-electron chi connectivity index (χ0n) is 15.9. The Kier molecular flexibility index (Phi) is 5.45. The number of piperidine rings is 1. The first-order valence-electron chi connectivity index (χ1n) is 9.86. The molecule has 2 N–H and O–H groups in total. The molecule has 1 saturated carbocycles. The summed E-state index contributed by atoms with van der Waals surface area (Å²) in [4.78, 5) is 18.2. The van der Waals surface area contributed by atoms with E-state index in [2.05, 4.69) is 9.88 Å². The van der Waals surface area contributed by atoms with Gasteiger partial charge in [0.25, 0.3) is 5.91 Å². The lowest BCUT2D eigenvalue weighted by Crippen LogP contribution is -2.60. The van der Waals surface area contributed by atoms with E-state index in [4.69, 9.17) is 19.9 Å². The Balaban J connectivity index is 1.58. The van der Waals surface area contributed by atoms with Crippen LogP contribution in [0.15, 0.2) is 18.3 Å². The summed E-state index contributed by atoms with van der Waals surface area (Å²) in [7, 11) is 1.80. The molecule has 1 aromatic rings. The molecule has 27 heavy (non-hydrogen) atoms. The number of rotatable bonds is 5. The molecule has 0 spiro atoms. The van der Waals surface area contributed by atoms with E-state index < -0.39 is 5.91 Å². The van der Waals surface area contributed by atoms with Gasteiger partial charge < -0.3 is 19.9 Å². The number of fused-ring (bicyclic) bond motifs is 2. The van der Waals surface area contributed by atoms with Crippen LogP contribution in [0.4, 0.5) is 0 Å². The lowest BCUT2D eigenvalue weighted by atomic mass is 9.62. The Bertz CT molecular complexity index is 663. The minimum absolute atomic E-state index is 0.150. The van der Waals surface area contributed by atoms with Crippen LogP contribution in [-0.4, -0.2) is 68.5 Å². The summed E-state index contributed by atoms with van der Waals surface area (Å²) in [5, 5.41) is 0. The maximum atomic E-state index is 11.6. The third kappa shape index (κ3) is 3.49. The second-order valence-corrected chi connectivity index (χ2v) is 7.90. The van der Waals surface area contributed by atoms with Gasteiger partial charge in [-0.3, -0.25) is 14.7 Å². The molecule has 3 atom stereocenters. The van der Waals surface area contributed by atoms with E-state index in [1.807, 2.05) is 12.1 Å². The first-order valence-corrected chi connectivity index (χ1v) is 9.86. The number of carbonyl (C=O) groups is 1. The zero-order chi connectivity index (χ0) is 18.9. The lowest BCUT2D eigenvalue weighted by Gasteiger charge is -2.55. The molecule has 2 aliphatic heterocycles. The van der Waals surface area contributed by atoms with Crippen LogP contribution in [0.3, 0.4) is 0 Å². The molecule has 7 nitrogen and oxygen atoms in total. The standard InChI is InChI=1S/C20H29N3O4/c1-25-20(14-5-6-22-18(9-14)19(21)24)15-3-2-4-16(20)11-23(10-15)12-17-13-26-7-8-27-17/h5-6,9,15-17H,2-4,7-8,10-13H2,1H3,(H2,21,24)/t15?,16?,17-,20?/m0/s1. The van der Waals surface area contributed by atoms with E-state index >= 15 is 0 Å². The summed E-state index contributed by atoms with van der Waals surface area (Å²) in [6.07, 6.45) is 5.25. The zero-order valence-corrected chi connectivity index (χ0v) is 15.9. The molecule has 3 aliphatic rings. The molecule has 2 saturated heterocycles. The molecule has 2 unspecified atom stereocenters. The van der Waals surface area contributed by atoms with Gasteiger partial charge in [-0.1, -0.05) is 6.42 Å². The predicted octanol–water partition coefficient (Wildman–Crippen LogP) is 1.17. The Labute approximate surface area is 160 Å². The highest BCUT2D eigenvalue weighted by Gasteiger charge is 2.53. The third-order valence-electron chi connectivity index (χ3n) is 6.42. The molecule has 2 bridgehead atoms. The summed E-state index contributed by atoms with van der Waals surface area (Å²) in [5.74, 6) is 0.227. The third-order valence-corrected chi connectivity index (χ3v) is 6.42. The monoisotopic (exact) mass is 375 g/mol. The number of ether oxygens (including phenoxy) is 3. The molecule has 3 fully saturated rings. The highest BCUT2D eigenvalue weighted by molar-refractivity contribution is 5.90. The highest BCUT2D eigenvalue weighted by Crippen LogP contribution is 2.51. The van der Waals surface area contributed by atoms with Crippen LogP contribution < -0.4 is 5.73 Å². The first-order chi connectivity index (χ1) is 13.1. The topological polar surface area (TPSA) is 86.9 Å². The molecule has 1 amide bonds. The van der Waals surface area contributed by atoms with Gasteiger partial charge in [0, 0.05) is 44.8 Å². The predicted molar refractivity (Wildman–Crippen MR) is 99.3 cm³/mol. The minimum atomic E-state index is -0.500. The van der Waals surface area contributed by atoms with Gasteiger partial charge in [-0.25, -0.2) is 0 Å². The van der Waals surface area contributed by atoms with E-state index in [1.165, 1.54) is 6.42 Å². The van der Waals surface area contributed by atoms with Gasteiger partial charge in [0.15, 0.2) is 0 Å². The number of pyridine rings is 1. The van der Waals surface area contributed by atoms with Crippen molar-refractivity contribution in [1.29, 1.82) is 0 Å². The van der Waals surface area contributed by atoms with Crippen LogP contribution in [0.25, 0.3) is 0 Å². The average molecular weight is 375 g/mol. The molecule has 3 heterocycles. The SMILES string of the molecule is COC1(c2ccnc(C(N)=O)c2)C2CCCC1CN(C[C@H]1COCCO1)C2. The molecule has 7 heteroatoms. The van der Waals surface area contributed by atoms with Crippen LogP contribution in [0.2, 0.25) is 0 Å². The van der Waals surface area contributed by atoms with Crippen LogP contribution in [0.5, 0.6) is 0 Å². The summed E-state index contributed by atoms with van der Waals surface area (Å²) in [6.45, 7) is 4.86. The van der Waals surface area contributed by atoms with Crippen LogP contribution in [-0.2, 0) is 19.8 Å². The Morgan fingerprint density at radius 2 is 2.15 bits per heavy atom. The summed E-state index contributed by atoms with van der Waals surface area (Å²) >= 11 is 0. The molecular formula is C20H29N3O4. The van der Waals surface area contributed by atoms with Crippen molar-refractivity contribution in [3.8, 4) is 0 Å². The largest absolute Gasteiger partial charge is 0.376 e. The van der Waals surface area contributed by atoms with E-state index in [0.29, 0.717) is 37.4 Å². The number of nitrogens with two attached hydrogens (primary N) is 1. The normalized spacial score (nSPS) is 34.3. The molecule has 1 aromatic heterocycles. The van der Waals surface area contributed by atoms with Crippen LogP contribution in [0, 0.1) is 11.8 Å². The second-order valence-electron chi connectivity index (χ2n) is 7.90. The highest BCUT2D eigenvalue weighted by atomic mass is 16.6. The van der Waals surface area contributed by atoms with Crippen molar-refractivity contribution in [2.45, 2.75) is 31.0 Å².